The molecule has 0 spiro atoms. The molecule has 7 nitrogen and oxygen atoms in total. The van der Waals surface area contributed by atoms with Crippen molar-refractivity contribution in [1.29, 1.82) is 0 Å². The van der Waals surface area contributed by atoms with Crippen molar-refractivity contribution < 1.29 is 9.18 Å². The Hall–Kier alpha value is -3.24. The minimum absolute atomic E-state index is 0.190. The molecule has 1 atom stereocenters. The molecule has 0 bridgehead atoms. The third-order valence-electron chi connectivity index (χ3n) is 4.23. The van der Waals surface area contributed by atoms with Crippen LogP contribution in [-0.2, 0) is 4.79 Å². The fourth-order valence-electron chi connectivity index (χ4n) is 2.67. The third kappa shape index (κ3) is 4.19. The lowest BCUT2D eigenvalue weighted by molar-refractivity contribution is -0.115. The summed E-state index contributed by atoms with van der Waals surface area (Å²) in [6, 6.07) is 15.9. The van der Waals surface area contributed by atoms with Gasteiger partial charge in [0.25, 0.3) is 0 Å². The van der Waals surface area contributed by atoms with Crippen LogP contribution < -0.4 is 11.2 Å². The van der Waals surface area contributed by atoms with Crippen molar-refractivity contribution in [2.24, 2.45) is 0 Å². The lowest BCUT2D eigenvalue weighted by Gasteiger charge is -2.10. The Morgan fingerprint density at radius 3 is 2.67 bits per heavy atom. The minimum Gasteiger partial charge on any atom is -0.335 e. The Balaban J connectivity index is 1.43. The highest BCUT2D eigenvalue weighted by atomic mass is 32.2. The SMILES string of the molecule is C[C@H](Sc1nnc(-c2ccccc2F)n1N)C(=O)Nc1nc(-c2ccccc2)cs1. The average molecular weight is 441 g/mol. The second-order valence-electron chi connectivity index (χ2n) is 6.31. The molecule has 30 heavy (non-hydrogen) atoms. The van der Waals surface area contributed by atoms with Crippen molar-refractivity contribution >= 4 is 34.1 Å². The molecule has 0 saturated carbocycles. The molecule has 1 amide bonds. The molecule has 0 aliphatic rings. The number of hydrogen-bond donors (Lipinski definition) is 2. The maximum Gasteiger partial charge on any atom is 0.239 e. The van der Waals surface area contributed by atoms with Gasteiger partial charge in [-0.3, -0.25) is 4.79 Å². The molecule has 0 fully saturated rings. The molecule has 0 unspecified atom stereocenters. The molecular formula is C20H17FN6OS2. The first-order valence-corrected chi connectivity index (χ1v) is 10.7. The average Bonchev–Trinajstić information content (AvgIpc) is 3.36. The molecule has 0 saturated heterocycles. The zero-order chi connectivity index (χ0) is 21.1. The number of amides is 1. The van der Waals surface area contributed by atoms with Crippen LogP contribution in [0.25, 0.3) is 22.6 Å². The molecular weight excluding hydrogens is 423 g/mol. The monoisotopic (exact) mass is 440 g/mol. The normalized spacial score (nSPS) is 11.9. The van der Waals surface area contributed by atoms with Crippen LogP contribution in [0.3, 0.4) is 0 Å². The number of nitrogens with zero attached hydrogens (tertiary/aromatic N) is 4. The predicted octanol–water partition coefficient (Wildman–Crippen LogP) is 4.04. The molecule has 3 N–H and O–H groups in total. The van der Waals surface area contributed by atoms with Crippen LogP contribution in [0.4, 0.5) is 9.52 Å². The van der Waals surface area contributed by atoms with E-state index < -0.39 is 11.1 Å². The summed E-state index contributed by atoms with van der Waals surface area (Å²) in [6.07, 6.45) is 0. The molecule has 0 aliphatic heterocycles. The van der Waals surface area contributed by atoms with E-state index in [2.05, 4.69) is 20.5 Å². The van der Waals surface area contributed by atoms with E-state index in [4.69, 9.17) is 5.84 Å². The summed E-state index contributed by atoms with van der Waals surface area (Å²) in [7, 11) is 0. The van der Waals surface area contributed by atoms with Gasteiger partial charge in [-0.15, -0.1) is 21.5 Å². The van der Waals surface area contributed by atoms with Crippen molar-refractivity contribution in [2.45, 2.75) is 17.3 Å². The van der Waals surface area contributed by atoms with E-state index in [9.17, 15) is 9.18 Å². The Kier molecular flexibility index (Phi) is 5.77. The van der Waals surface area contributed by atoms with E-state index >= 15 is 0 Å². The van der Waals surface area contributed by atoms with Crippen molar-refractivity contribution in [3.63, 3.8) is 0 Å². The maximum atomic E-state index is 14.0. The molecule has 152 valence electrons. The number of benzene rings is 2. The van der Waals surface area contributed by atoms with E-state index in [1.54, 1.807) is 25.1 Å². The topological polar surface area (TPSA) is 98.7 Å². The van der Waals surface area contributed by atoms with Gasteiger partial charge < -0.3 is 11.2 Å². The van der Waals surface area contributed by atoms with Crippen LogP contribution in [0.15, 0.2) is 65.1 Å². The summed E-state index contributed by atoms with van der Waals surface area (Å²) in [4.78, 5) is 17.0. The molecule has 2 aromatic heterocycles. The number of thiazole rings is 1. The van der Waals surface area contributed by atoms with Crippen LogP contribution >= 0.6 is 23.1 Å². The predicted molar refractivity (Wildman–Crippen MR) is 117 cm³/mol. The molecule has 2 aromatic carbocycles. The summed E-state index contributed by atoms with van der Waals surface area (Å²) in [5.74, 6) is 5.53. The lowest BCUT2D eigenvalue weighted by atomic mass is 10.2. The number of thioether (sulfide) groups is 1. The van der Waals surface area contributed by atoms with Gasteiger partial charge in [0.1, 0.15) is 5.82 Å². The number of carbonyl (C=O) groups excluding carboxylic acids is 1. The minimum atomic E-state index is -0.519. The number of rotatable bonds is 6. The Labute approximate surface area is 180 Å². The molecule has 0 aliphatic carbocycles. The first kappa shape index (κ1) is 20.0. The fourth-order valence-corrected chi connectivity index (χ4v) is 4.17. The first-order valence-electron chi connectivity index (χ1n) is 8.97. The second kappa shape index (κ2) is 8.64. The van der Waals surface area contributed by atoms with Crippen LogP contribution in [-0.4, -0.2) is 31.0 Å². The van der Waals surface area contributed by atoms with Gasteiger partial charge in [-0.2, -0.15) is 0 Å². The summed E-state index contributed by atoms with van der Waals surface area (Å²) in [6.45, 7) is 1.73. The summed E-state index contributed by atoms with van der Waals surface area (Å²) >= 11 is 2.48. The Bertz CT molecular complexity index is 1180. The highest BCUT2D eigenvalue weighted by Gasteiger charge is 2.22. The van der Waals surface area contributed by atoms with Gasteiger partial charge >= 0.3 is 0 Å². The molecule has 2 heterocycles. The zero-order valence-corrected chi connectivity index (χ0v) is 17.5. The van der Waals surface area contributed by atoms with Gasteiger partial charge in [-0.05, 0) is 19.1 Å². The smallest absolute Gasteiger partial charge is 0.239 e. The van der Waals surface area contributed by atoms with Gasteiger partial charge in [-0.1, -0.05) is 54.2 Å². The maximum absolute atomic E-state index is 14.0. The van der Waals surface area contributed by atoms with Gasteiger partial charge in [0.05, 0.1) is 16.5 Å². The third-order valence-corrected chi connectivity index (χ3v) is 6.05. The Morgan fingerprint density at radius 2 is 1.90 bits per heavy atom. The zero-order valence-electron chi connectivity index (χ0n) is 15.8. The number of nitrogen functional groups attached to an aromatic ring is 1. The van der Waals surface area contributed by atoms with Gasteiger partial charge in [0, 0.05) is 10.9 Å². The largest absolute Gasteiger partial charge is 0.335 e. The number of hydrogen-bond acceptors (Lipinski definition) is 7. The number of carbonyl (C=O) groups is 1. The molecule has 10 heteroatoms. The van der Waals surface area contributed by atoms with Crippen molar-refractivity contribution in [2.75, 3.05) is 11.2 Å². The molecule has 0 radical (unpaired) electrons. The van der Waals surface area contributed by atoms with Crippen LogP contribution in [0.5, 0.6) is 0 Å². The van der Waals surface area contributed by atoms with E-state index in [-0.39, 0.29) is 17.3 Å². The summed E-state index contributed by atoms with van der Waals surface area (Å²) < 4.78 is 15.2. The number of aromatic nitrogens is 4. The Morgan fingerprint density at radius 1 is 1.17 bits per heavy atom. The van der Waals surface area contributed by atoms with Crippen molar-refractivity contribution in [1.82, 2.24) is 19.9 Å². The summed E-state index contributed by atoms with van der Waals surface area (Å²) in [5, 5.41) is 13.0. The fraction of sp³-hybridized carbons (Fsp3) is 0.100. The number of anilines is 1. The van der Waals surface area contributed by atoms with Gasteiger partial charge in [-0.25, -0.2) is 14.1 Å². The van der Waals surface area contributed by atoms with E-state index in [1.165, 1.54) is 22.1 Å². The van der Waals surface area contributed by atoms with E-state index in [0.29, 0.717) is 10.3 Å². The number of halogens is 1. The highest BCUT2D eigenvalue weighted by Crippen LogP contribution is 2.28. The van der Waals surface area contributed by atoms with Crippen LogP contribution in [0, 0.1) is 5.82 Å². The number of nitrogens with two attached hydrogens (primary N) is 1. The van der Waals surface area contributed by atoms with Gasteiger partial charge in [0.15, 0.2) is 11.0 Å². The molecule has 4 aromatic rings. The lowest BCUT2D eigenvalue weighted by Crippen LogP contribution is -2.23. The van der Waals surface area contributed by atoms with Crippen LogP contribution in [0.1, 0.15) is 6.92 Å². The quantitative estimate of drug-likeness (QED) is 0.347. The van der Waals surface area contributed by atoms with Crippen molar-refractivity contribution in [3.8, 4) is 22.6 Å². The van der Waals surface area contributed by atoms with E-state index in [0.717, 1.165) is 23.0 Å². The van der Waals surface area contributed by atoms with Crippen LogP contribution in [0.2, 0.25) is 0 Å². The highest BCUT2D eigenvalue weighted by molar-refractivity contribution is 8.00. The first-order chi connectivity index (χ1) is 14.5. The standard InChI is InChI=1S/C20H17FN6OS2/c1-12(18(28)24-19-23-16(11-29-19)13-7-3-2-4-8-13)30-20-26-25-17(27(20)22)14-9-5-6-10-15(14)21/h2-12H,22H2,1H3,(H,23,24,28)/t12-/m0/s1. The van der Waals surface area contributed by atoms with E-state index in [1.807, 2.05) is 35.7 Å². The van der Waals surface area contributed by atoms with Crippen molar-refractivity contribution in [3.05, 3.63) is 65.8 Å². The van der Waals surface area contributed by atoms with Gasteiger partial charge in [0.2, 0.25) is 11.1 Å². The number of nitrogens with one attached hydrogen (secondary N) is 1. The summed E-state index contributed by atoms with van der Waals surface area (Å²) in [5.41, 5.74) is 2.02. The molecule has 4 rings (SSSR count). The second-order valence-corrected chi connectivity index (χ2v) is 8.48.